The number of halogens is 1. The Morgan fingerprint density at radius 2 is 1.04 bits per heavy atom. The van der Waals surface area contributed by atoms with Gasteiger partial charge < -0.3 is 0 Å². The molecule has 0 radical (unpaired) electrons. The Morgan fingerprint density at radius 3 is 1.31 bits per heavy atom. The smallest absolute Gasteiger partial charge is 0.213 e. The first-order valence-corrected chi connectivity index (χ1v) is 9.75. The average molecular weight is 446 g/mol. The van der Waals surface area contributed by atoms with E-state index >= 15 is 0 Å². The summed E-state index contributed by atoms with van der Waals surface area (Å²) in [5, 5.41) is 0.794. The van der Waals surface area contributed by atoms with Crippen molar-refractivity contribution in [3.63, 3.8) is 0 Å². The van der Waals surface area contributed by atoms with Crippen LogP contribution >= 0.6 is 11.6 Å². The largest absolute Gasteiger partial charge is 2.00 e. The maximum absolute atomic E-state index is 5.54. The van der Waals surface area contributed by atoms with Gasteiger partial charge in [0.05, 0.1) is 0 Å². The predicted octanol–water partition coefficient (Wildman–Crippen LogP) is 7.83. The zero-order valence-electron chi connectivity index (χ0n) is 16.1. The van der Waals surface area contributed by atoms with Gasteiger partial charge in [-0.15, -0.1) is 0 Å². The summed E-state index contributed by atoms with van der Waals surface area (Å²) in [6.45, 7) is 4.45. The maximum atomic E-state index is 5.54. The summed E-state index contributed by atoms with van der Waals surface area (Å²) in [4.78, 5) is 0. The zero-order valence-corrected chi connectivity index (χ0v) is 19.3. The van der Waals surface area contributed by atoms with E-state index in [9.17, 15) is 0 Å². The minimum atomic E-state index is 0. The second kappa shape index (κ2) is 17.5. The molecule has 26 heavy (non-hydrogen) atoms. The minimum Gasteiger partial charge on any atom is -0.213 e. The van der Waals surface area contributed by atoms with Gasteiger partial charge >= 0.3 is 26.2 Å². The SMILES string of the molecule is CCCC[c-]1cccc1.CCCC[c-]1cccc1.Clc1ccccc1.[Zr+2]. The third kappa shape index (κ3) is 13.3. The topological polar surface area (TPSA) is 0 Å². The quantitative estimate of drug-likeness (QED) is 0.339. The molecule has 0 fully saturated rings. The first kappa shape index (κ1) is 25.1. The van der Waals surface area contributed by atoms with E-state index in [-0.39, 0.29) is 26.2 Å². The van der Waals surface area contributed by atoms with Gasteiger partial charge in [0, 0.05) is 5.02 Å². The van der Waals surface area contributed by atoms with Gasteiger partial charge in [-0.25, -0.2) is 24.3 Å². The average Bonchev–Trinajstić information content (AvgIpc) is 3.34. The van der Waals surface area contributed by atoms with Crippen LogP contribution < -0.4 is 0 Å². The summed E-state index contributed by atoms with van der Waals surface area (Å²) in [6, 6.07) is 26.6. The summed E-state index contributed by atoms with van der Waals surface area (Å²) in [7, 11) is 0. The van der Waals surface area contributed by atoms with Gasteiger partial charge in [-0.3, -0.25) is 0 Å². The number of benzene rings is 1. The van der Waals surface area contributed by atoms with E-state index in [1.165, 1.54) is 49.7 Å². The molecule has 0 saturated carbocycles. The van der Waals surface area contributed by atoms with Gasteiger partial charge in [0.1, 0.15) is 0 Å². The van der Waals surface area contributed by atoms with Crippen molar-refractivity contribution in [2.45, 2.75) is 52.4 Å². The van der Waals surface area contributed by atoms with Crippen LogP contribution in [0.15, 0.2) is 78.9 Å². The molecule has 3 rings (SSSR count). The Morgan fingerprint density at radius 1 is 0.654 bits per heavy atom. The standard InChI is InChI=1S/2C9H13.C6H5Cl.Zr/c2*1-2-3-6-9-7-4-5-8-9;7-6-4-2-1-3-5-6;/h2*4-5,7-8H,2-3,6H2,1H3;1-5H;/q2*-1;;+2. The molecule has 0 atom stereocenters. The number of rotatable bonds is 6. The normalized spacial score (nSPS) is 9.19. The summed E-state index contributed by atoms with van der Waals surface area (Å²) in [6.07, 6.45) is 7.75. The molecule has 0 aliphatic heterocycles. The van der Waals surface area contributed by atoms with Crippen LogP contribution in [0.5, 0.6) is 0 Å². The molecular formula is C24H31ClZr. The molecule has 0 amide bonds. The Bertz CT molecular complexity index is 559. The molecule has 0 unspecified atom stereocenters. The Hall–Kier alpha value is -0.907. The van der Waals surface area contributed by atoms with Crippen molar-refractivity contribution in [2.75, 3.05) is 0 Å². The molecule has 0 spiro atoms. The van der Waals surface area contributed by atoms with E-state index in [1.807, 2.05) is 30.3 Å². The number of hydrogen-bond donors (Lipinski definition) is 0. The van der Waals surface area contributed by atoms with Gasteiger partial charge in [-0.2, -0.15) is 35.4 Å². The van der Waals surface area contributed by atoms with Crippen LogP contribution in [-0.4, -0.2) is 0 Å². The van der Waals surface area contributed by atoms with Crippen LogP contribution in [0.1, 0.15) is 50.7 Å². The fourth-order valence-corrected chi connectivity index (χ4v) is 2.48. The third-order valence-corrected chi connectivity index (χ3v) is 4.09. The van der Waals surface area contributed by atoms with Crippen molar-refractivity contribution < 1.29 is 26.2 Å². The van der Waals surface area contributed by atoms with Crippen molar-refractivity contribution in [1.82, 2.24) is 0 Å². The maximum Gasteiger partial charge on any atom is 2.00 e. The molecule has 0 nitrogen and oxygen atoms in total. The van der Waals surface area contributed by atoms with E-state index in [0.717, 1.165) is 5.02 Å². The third-order valence-electron chi connectivity index (χ3n) is 3.83. The number of hydrogen-bond acceptors (Lipinski definition) is 0. The molecule has 0 N–H and O–H groups in total. The van der Waals surface area contributed by atoms with E-state index in [2.05, 4.69) is 62.4 Å². The number of aryl methyl sites for hydroxylation is 2. The molecule has 0 heterocycles. The number of unbranched alkanes of at least 4 members (excludes halogenated alkanes) is 2. The molecular weight excluding hydrogens is 415 g/mol. The molecule has 0 aliphatic carbocycles. The fraction of sp³-hybridized carbons (Fsp3) is 0.333. The molecule has 0 aliphatic rings. The molecule has 0 bridgehead atoms. The van der Waals surface area contributed by atoms with Crippen LogP contribution in [0.3, 0.4) is 0 Å². The minimum absolute atomic E-state index is 0. The van der Waals surface area contributed by atoms with Gasteiger partial charge in [-0.05, 0) is 12.1 Å². The van der Waals surface area contributed by atoms with Gasteiger partial charge in [0.15, 0.2) is 0 Å². The zero-order chi connectivity index (χ0) is 18.2. The van der Waals surface area contributed by atoms with Crippen LogP contribution in [0, 0.1) is 0 Å². The van der Waals surface area contributed by atoms with Crippen LogP contribution in [0.4, 0.5) is 0 Å². The summed E-state index contributed by atoms with van der Waals surface area (Å²) in [5.41, 5.74) is 2.97. The molecule has 2 heteroatoms. The second-order valence-corrected chi connectivity index (χ2v) is 6.53. The van der Waals surface area contributed by atoms with Crippen molar-refractivity contribution in [2.24, 2.45) is 0 Å². The molecule has 3 aromatic rings. The van der Waals surface area contributed by atoms with Crippen molar-refractivity contribution in [3.05, 3.63) is 95.0 Å². The molecule has 138 valence electrons. The fourth-order valence-electron chi connectivity index (χ4n) is 2.34. The van der Waals surface area contributed by atoms with Gasteiger partial charge in [0.25, 0.3) is 0 Å². The Balaban J connectivity index is 0.000000357. The second-order valence-electron chi connectivity index (χ2n) is 6.09. The van der Waals surface area contributed by atoms with Gasteiger partial charge in [0.2, 0.25) is 0 Å². The summed E-state index contributed by atoms with van der Waals surface area (Å²) >= 11 is 5.54. The van der Waals surface area contributed by atoms with Crippen molar-refractivity contribution in [1.29, 1.82) is 0 Å². The van der Waals surface area contributed by atoms with E-state index in [4.69, 9.17) is 11.6 Å². The Kier molecular flexibility index (Phi) is 16.9. The van der Waals surface area contributed by atoms with Crippen molar-refractivity contribution >= 4 is 11.6 Å². The van der Waals surface area contributed by atoms with Crippen LogP contribution in [-0.2, 0) is 39.0 Å². The van der Waals surface area contributed by atoms with E-state index in [1.54, 1.807) is 0 Å². The van der Waals surface area contributed by atoms with Crippen molar-refractivity contribution in [3.8, 4) is 0 Å². The molecule has 0 saturated heterocycles. The van der Waals surface area contributed by atoms with E-state index in [0.29, 0.717) is 0 Å². The van der Waals surface area contributed by atoms with Crippen LogP contribution in [0.2, 0.25) is 5.02 Å². The summed E-state index contributed by atoms with van der Waals surface area (Å²) in [5.74, 6) is 0. The first-order valence-electron chi connectivity index (χ1n) is 9.38. The summed E-state index contributed by atoms with van der Waals surface area (Å²) < 4.78 is 0. The monoisotopic (exact) mass is 444 g/mol. The van der Waals surface area contributed by atoms with Gasteiger partial charge in [-0.1, -0.05) is 82.2 Å². The van der Waals surface area contributed by atoms with Crippen LogP contribution in [0.25, 0.3) is 0 Å². The first-order chi connectivity index (χ1) is 12.3. The molecule has 3 aromatic carbocycles. The van der Waals surface area contributed by atoms with E-state index < -0.39 is 0 Å². The predicted molar refractivity (Wildman–Crippen MR) is 113 cm³/mol. The molecule has 0 aromatic heterocycles. The Labute approximate surface area is 184 Å².